The summed E-state index contributed by atoms with van der Waals surface area (Å²) in [5.41, 5.74) is 2.00. The highest BCUT2D eigenvalue weighted by Gasteiger charge is 2.44. The van der Waals surface area contributed by atoms with E-state index in [0.717, 1.165) is 29.0 Å². The third-order valence-corrected chi connectivity index (χ3v) is 8.01. The van der Waals surface area contributed by atoms with Crippen molar-refractivity contribution in [2.24, 2.45) is 0 Å². The van der Waals surface area contributed by atoms with Crippen molar-refractivity contribution in [1.82, 2.24) is 10.0 Å². The predicted octanol–water partition coefficient (Wildman–Crippen LogP) is 2.53. The first-order chi connectivity index (χ1) is 14.1. The number of nitrogens with one attached hydrogen (secondary N) is 1. The van der Waals surface area contributed by atoms with E-state index in [2.05, 4.69) is 21.4 Å². The molecule has 1 aliphatic rings. The summed E-state index contributed by atoms with van der Waals surface area (Å²) in [5, 5.41) is 1.29. The van der Waals surface area contributed by atoms with Crippen molar-refractivity contribution in [2.75, 3.05) is 12.9 Å². The first kappa shape index (κ1) is 22.9. The number of sulfone groups is 1. The Morgan fingerprint density at radius 1 is 1.37 bits per heavy atom. The van der Waals surface area contributed by atoms with Crippen LogP contribution in [0.1, 0.15) is 32.6 Å². The van der Waals surface area contributed by atoms with E-state index in [1.165, 1.54) is 11.5 Å². The van der Waals surface area contributed by atoms with Gasteiger partial charge in [0.15, 0.2) is 20.9 Å². The number of aryl methyl sites for hydroxylation is 1. The monoisotopic (exact) mass is 500 g/mol. The van der Waals surface area contributed by atoms with Gasteiger partial charge in [-0.05, 0) is 55.8 Å². The van der Waals surface area contributed by atoms with Crippen LogP contribution in [0.5, 0.6) is 0 Å². The molecule has 1 unspecified atom stereocenters. The van der Waals surface area contributed by atoms with Crippen LogP contribution < -0.4 is 11.0 Å². The Kier molecular flexibility index (Phi) is 7.01. The fourth-order valence-corrected chi connectivity index (χ4v) is 4.49. The number of halogens is 1. The lowest BCUT2D eigenvalue weighted by Crippen LogP contribution is -2.51. The van der Waals surface area contributed by atoms with Gasteiger partial charge in [-0.25, -0.2) is 18.7 Å². The highest BCUT2D eigenvalue weighted by Crippen LogP contribution is 2.23. The molecule has 0 spiro atoms. The molecule has 2 aromatic rings. The number of hydroxylamine groups is 1. The molecular formula is C20H25BrN2O6S. The lowest BCUT2D eigenvalue weighted by molar-refractivity contribution is -0.201. The molecule has 0 bridgehead atoms. The summed E-state index contributed by atoms with van der Waals surface area (Å²) in [7, 11) is -3.80. The molecule has 3 rings (SSSR count). The maximum Gasteiger partial charge on any atom is 0.264 e. The van der Waals surface area contributed by atoms with E-state index in [9.17, 15) is 18.0 Å². The average Bonchev–Trinajstić information content (AvgIpc) is 2.71. The summed E-state index contributed by atoms with van der Waals surface area (Å²) in [5.74, 6) is -0.781. The number of hydrogen-bond acceptors (Lipinski definition) is 6. The second-order valence-corrected chi connectivity index (χ2v) is 11.0. The molecule has 30 heavy (non-hydrogen) atoms. The molecule has 1 N–H and O–H groups in total. The predicted molar refractivity (Wildman–Crippen MR) is 117 cm³/mol. The zero-order valence-corrected chi connectivity index (χ0v) is 19.3. The minimum atomic E-state index is -3.80. The number of aromatic nitrogens is 1. The topological polar surface area (TPSA) is 104 Å². The molecule has 0 aliphatic carbocycles. The van der Waals surface area contributed by atoms with Crippen LogP contribution in [0.3, 0.4) is 0 Å². The van der Waals surface area contributed by atoms with E-state index < -0.39 is 26.8 Å². The van der Waals surface area contributed by atoms with E-state index in [-0.39, 0.29) is 18.5 Å². The van der Waals surface area contributed by atoms with Crippen LogP contribution in [0.15, 0.2) is 39.7 Å². The van der Waals surface area contributed by atoms with Gasteiger partial charge in [0.25, 0.3) is 11.5 Å². The van der Waals surface area contributed by atoms with Gasteiger partial charge in [-0.2, -0.15) is 0 Å². The van der Waals surface area contributed by atoms with Crippen LogP contribution in [0, 0.1) is 0 Å². The number of carbonyl (C=O) groups excluding carboxylic acids is 1. The van der Waals surface area contributed by atoms with Crippen LogP contribution >= 0.6 is 15.9 Å². The summed E-state index contributed by atoms with van der Waals surface area (Å²) in [6.07, 6.45) is 4.38. The van der Waals surface area contributed by atoms with Gasteiger partial charge < -0.3 is 9.30 Å². The first-order valence-electron chi connectivity index (χ1n) is 9.68. The SMILES string of the molecule is C[C@@](CCn1ccc2cc(Br)ccc2c1=O)(C(=O)NOC1CCCCO1)S(C)(=O)=O. The third-order valence-electron chi connectivity index (χ3n) is 5.49. The van der Waals surface area contributed by atoms with Gasteiger partial charge in [0.2, 0.25) is 0 Å². The Hall–Kier alpha value is -1.75. The molecule has 1 saturated heterocycles. The van der Waals surface area contributed by atoms with Gasteiger partial charge in [0, 0.05) is 41.9 Å². The molecule has 1 fully saturated rings. The molecule has 1 aromatic carbocycles. The summed E-state index contributed by atoms with van der Waals surface area (Å²) in [6.45, 7) is 1.93. The van der Waals surface area contributed by atoms with Gasteiger partial charge in [0.05, 0.1) is 0 Å². The third kappa shape index (κ3) is 4.93. The molecule has 0 saturated carbocycles. The molecule has 0 radical (unpaired) electrons. The highest BCUT2D eigenvalue weighted by molar-refractivity contribution is 9.10. The Morgan fingerprint density at radius 3 is 2.80 bits per heavy atom. The molecule has 8 nitrogen and oxygen atoms in total. The number of fused-ring (bicyclic) bond motifs is 1. The number of hydrogen-bond donors (Lipinski definition) is 1. The quantitative estimate of drug-likeness (QED) is 0.585. The average molecular weight is 501 g/mol. The van der Waals surface area contributed by atoms with Crippen molar-refractivity contribution >= 4 is 42.4 Å². The Morgan fingerprint density at radius 2 is 2.13 bits per heavy atom. The zero-order chi connectivity index (χ0) is 21.9. The van der Waals surface area contributed by atoms with Crippen LogP contribution in [0.4, 0.5) is 0 Å². The van der Waals surface area contributed by atoms with Crippen LogP contribution in [-0.4, -0.2) is 42.8 Å². The van der Waals surface area contributed by atoms with Crippen LogP contribution in [0.25, 0.3) is 10.8 Å². The van der Waals surface area contributed by atoms with Crippen molar-refractivity contribution < 1.29 is 22.8 Å². The fourth-order valence-electron chi connectivity index (χ4n) is 3.27. The smallest absolute Gasteiger partial charge is 0.264 e. The van der Waals surface area contributed by atoms with E-state index in [0.29, 0.717) is 18.4 Å². The zero-order valence-electron chi connectivity index (χ0n) is 16.9. The Balaban J connectivity index is 1.77. The maximum absolute atomic E-state index is 12.8. The number of pyridine rings is 1. The van der Waals surface area contributed by atoms with Gasteiger partial charge >= 0.3 is 0 Å². The van der Waals surface area contributed by atoms with Crippen LogP contribution in [-0.2, 0) is 30.8 Å². The highest BCUT2D eigenvalue weighted by atomic mass is 79.9. The van der Waals surface area contributed by atoms with E-state index in [1.807, 2.05) is 6.07 Å². The molecule has 10 heteroatoms. The van der Waals surface area contributed by atoms with Crippen LogP contribution in [0.2, 0.25) is 0 Å². The molecule has 1 amide bonds. The van der Waals surface area contributed by atoms with Gasteiger partial charge in [-0.3, -0.25) is 9.59 Å². The maximum atomic E-state index is 12.8. The lowest BCUT2D eigenvalue weighted by atomic mass is 10.1. The molecular weight excluding hydrogens is 476 g/mol. The van der Waals surface area contributed by atoms with E-state index in [1.54, 1.807) is 24.4 Å². The molecule has 164 valence electrons. The van der Waals surface area contributed by atoms with Crippen molar-refractivity contribution in [1.29, 1.82) is 0 Å². The minimum absolute atomic E-state index is 0.0573. The standard InChI is InChI=1S/C20H25BrN2O6S/c1-20(30(2,26)27,19(25)22-29-17-5-3-4-12-28-17)9-11-23-10-8-14-13-15(21)6-7-16(14)18(23)24/h6-8,10,13,17H,3-5,9,11-12H2,1-2H3,(H,22,25)/t17?,20-/m1/s1. The Labute approximate surface area is 183 Å². The number of benzene rings is 1. The number of nitrogens with zero attached hydrogens (tertiary/aromatic N) is 1. The summed E-state index contributed by atoms with van der Waals surface area (Å²) in [4.78, 5) is 30.8. The van der Waals surface area contributed by atoms with Gasteiger partial charge in [-0.1, -0.05) is 15.9 Å². The Bertz CT molecular complexity index is 1090. The first-order valence-corrected chi connectivity index (χ1v) is 12.4. The minimum Gasteiger partial charge on any atom is -0.350 e. The molecule has 1 aromatic heterocycles. The lowest BCUT2D eigenvalue weighted by Gasteiger charge is -2.28. The van der Waals surface area contributed by atoms with Crippen molar-refractivity contribution in [3.05, 3.63) is 45.3 Å². The van der Waals surface area contributed by atoms with Crippen molar-refractivity contribution in [3.63, 3.8) is 0 Å². The van der Waals surface area contributed by atoms with Crippen molar-refractivity contribution in [2.45, 2.75) is 50.2 Å². The van der Waals surface area contributed by atoms with E-state index >= 15 is 0 Å². The molecule has 2 heterocycles. The van der Waals surface area contributed by atoms with E-state index in [4.69, 9.17) is 9.57 Å². The second kappa shape index (κ2) is 9.17. The fraction of sp³-hybridized carbons (Fsp3) is 0.500. The van der Waals surface area contributed by atoms with Crippen molar-refractivity contribution in [3.8, 4) is 0 Å². The normalized spacial score (nSPS) is 19.4. The van der Waals surface area contributed by atoms with Gasteiger partial charge in [-0.15, -0.1) is 0 Å². The summed E-state index contributed by atoms with van der Waals surface area (Å²) < 4.78 is 30.8. The summed E-state index contributed by atoms with van der Waals surface area (Å²) in [6, 6.07) is 7.09. The molecule has 1 aliphatic heterocycles. The number of carbonyl (C=O) groups is 1. The van der Waals surface area contributed by atoms with Gasteiger partial charge in [0.1, 0.15) is 0 Å². The summed E-state index contributed by atoms with van der Waals surface area (Å²) >= 11 is 3.37. The largest absolute Gasteiger partial charge is 0.350 e. The number of ether oxygens (including phenoxy) is 1. The molecule has 2 atom stereocenters. The number of amides is 1. The number of rotatable bonds is 7. The second-order valence-electron chi connectivity index (χ2n) is 7.64.